The van der Waals surface area contributed by atoms with Gasteiger partial charge in [0, 0.05) is 0 Å². The summed E-state index contributed by atoms with van der Waals surface area (Å²) in [6.07, 6.45) is 0.111. The molecule has 18 heavy (non-hydrogen) atoms. The van der Waals surface area contributed by atoms with Gasteiger partial charge in [0.2, 0.25) is 0 Å². The average molecular weight is 249 g/mol. The minimum Gasteiger partial charge on any atom is -0.376 e. The van der Waals surface area contributed by atoms with Crippen molar-refractivity contribution in [2.24, 2.45) is 0 Å². The Hall–Kier alpha value is -0.900. The van der Waals surface area contributed by atoms with E-state index in [0.29, 0.717) is 19.8 Å². The van der Waals surface area contributed by atoms with Crippen LogP contribution in [0.3, 0.4) is 0 Å². The van der Waals surface area contributed by atoms with Crippen LogP contribution in [-0.2, 0) is 9.47 Å². The predicted molar refractivity (Wildman–Crippen MR) is 72.9 cm³/mol. The van der Waals surface area contributed by atoms with Gasteiger partial charge in [-0.25, -0.2) is 0 Å². The van der Waals surface area contributed by atoms with E-state index < -0.39 is 0 Å². The second-order valence-electron chi connectivity index (χ2n) is 4.88. The molecule has 1 heterocycles. The standard InChI is InChI=1S/C15H23NO2/c1-4-16-15(14-10-17-7-8-18-14)13-6-5-11(2)9-12(13)3/h5-6,9,14-16H,4,7-8,10H2,1-3H3. The van der Waals surface area contributed by atoms with Gasteiger partial charge in [-0.15, -0.1) is 0 Å². The van der Waals surface area contributed by atoms with Crippen molar-refractivity contribution in [3.63, 3.8) is 0 Å². The Kier molecular flexibility index (Phi) is 4.75. The second-order valence-corrected chi connectivity index (χ2v) is 4.88. The van der Waals surface area contributed by atoms with E-state index in [1.165, 1.54) is 16.7 Å². The van der Waals surface area contributed by atoms with Gasteiger partial charge in [0.05, 0.1) is 25.9 Å². The first-order valence-corrected chi connectivity index (χ1v) is 6.72. The Balaban J connectivity index is 2.22. The monoisotopic (exact) mass is 249 g/mol. The van der Waals surface area contributed by atoms with E-state index in [1.807, 2.05) is 0 Å². The van der Waals surface area contributed by atoms with Crippen LogP contribution in [0.1, 0.15) is 29.7 Å². The molecular formula is C15H23NO2. The molecule has 0 bridgehead atoms. The fourth-order valence-corrected chi connectivity index (χ4v) is 2.53. The molecule has 1 aromatic rings. The number of nitrogens with one attached hydrogen (secondary N) is 1. The van der Waals surface area contributed by atoms with Crippen LogP contribution >= 0.6 is 0 Å². The summed E-state index contributed by atoms with van der Waals surface area (Å²) in [4.78, 5) is 0. The molecule has 1 aliphatic heterocycles. The fourth-order valence-electron chi connectivity index (χ4n) is 2.53. The van der Waals surface area contributed by atoms with E-state index in [0.717, 1.165) is 6.54 Å². The Morgan fingerprint density at radius 3 is 2.78 bits per heavy atom. The Labute approximate surface area is 109 Å². The van der Waals surface area contributed by atoms with Gasteiger partial charge < -0.3 is 14.8 Å². The number of ether oxygens (including phenoxy) is 2. The van der Waals surface area contributed by atoms with Crippen LogP contribution in [-0.4, -0.2) is 32.5 Å². The van der Waals surface area contributed by atoms with Crippen LogP contribution in [0.15, 0.2) is 18.2 Å². The summed E-state index contributed by atoms with van der Waals surface area (Å²) in [5, 5.41) is 3.52. The Morgan fingerprint density at radius 2 is 2.17 bits per heavy atom. The number of hydrogen-bond acceptors (Lipinski definition) is 3. The zero-order valence-electron chi connectivity index (χ0n) is 11.5. The summed E-state index contributed by atoms with van der Waals surface area (Å²) in [5.41, 5.74) is 3.93. The van der Waals surface area contributed by atoms with E-state index in [-0.39, 0.29) is 12.1 Å². The second kappa shape index (κ2) is 6.32. The lowest BCUT2D eigenvalue weighted by molar-refractivity contribution is -0.102. The molecule has 100 valence electrons. The molecule has 1 N–H and O–H groups in total. The van der Waals surface area contributed by atoms with Crippen LogP contribution < -0.4 is 5.32 Å². The van der Waals surface area contributed by atoms with Gasteiger partial charge in [-0.3, -0.25) is 0 Å². The molecule has 0 radical (unpaired) electrons. The molecule has 0 amide bonds. The van der Waals surface area contributed by atoms with Crippen molar-refractivity contribution in [1.82, 2.24) is 5.32 Å². The highest BCUT2D eigenvalue weighted by Crippen LogP contribution is 2.25. The minimum absolute atomic E-state index is 0.111. The summed E-state index contributed by atoms with van der Waals surface area (Å²) in [7, 11) is 0. The van der Waals surface area contributed by atoms with Crippen molar-refractivity contribution in [2.75, 3.05) is 26.4 Å². The Bertz CT molecular complexity index is 386. The number of aryl methyl sites for hydroxylation is 2. The number of likely N-dealkylation sites (N-methyl/N-ethyl adjacent to an activating group) is 1. The van der Waals surface area contributed by atoms with Crippen LogP contribution in [0.5, 0.6) is 0 Å². The molecule has 1 aliphatic rings. The SMILES string of the molecule is CCNC(c1ccc(C)cc1C)C1COCCO1. The molecule has 0 aromatic heterocycles. The third-order valence-corrected chi connectivity index (χ3v) is 3.40. The van der Waals surface area contributed by atoms with Gasteiger partial charge in [0.25, 0.3) is 0 Å². The van der Waals surface area contributed by atoms with Gasteiger partial charge >= 0.3 is 0 Å². The van der Waals surface area contributed by atoms with E-state index in [4.69, 9.17) is 9.47 Å². The lowest BCUT2D eigenvalue weighted by Gasteiger charge is -2.32. The molecule has 3 nitrogen and oxygen atoms in total. The maximum Gasteiger partial charge on any atom is 0.100 e. The number of hydrogen-bond donors (Lipinski definition) is 1. The quantitative estimate of drug-likeness (QED) is 0.888. The highest BCUT2D eigenvalue weighted by molar-refractivity contribution is 5.33. The summed E-state index contributed by atoms with van der Waals surface area (Å²) in [5.74, 6) is 0. The maximum atomic E-state index is 5.84. The molecule has 1 fully saturated rings. The molecule has 2 unspecified atom stereocenters. The third kappa shape index (κ3) is 3.10. The molecule has 2 atom stereocenters. The van der Waals surface area contributed by atoms with Crippen LogP contribution in [0.25, 0.3) is 0 Å². The first-order chi connectivity index (χ1) is 8.72. The first-order valence-electron chi connectivity index (χ1n) is 6.72. The highest BCUT2D eigenvalue weighted by atomic mass is 16.6. The van der Waals surface area contributed by atoms with Gasteiger partial charge in [0.15, 0.2) is 0 Å². The summed E-state index contributed by atoms with van der Waals surface area (Å²) < 4.78 is 11.4. The molecule has 2 rings (SSSR count). The van der Waals surface area contributed by atoms with Crippen molar-refractivity contribution in [1.29, 1.82) is 0 Å². The topological polar surface area (TPSA) is 30.5 Å². The normalized spacial score (nSPS) is 21.8. The average Bonchev–Trinajstić information content (AvgIpc) is 2.38. The van der Waals surface area contributed by atoms with Gasteiger partial charge in [-0.05, 0) is 31.5 Å². The van der Waals surface area contributed by atoms with Crippen molar-refractivity contribution in [2.45, 2.75) is 32.9 Å². The van der Waals surface area contributed by atoms with Crippen LogP contribution in [0.2, 0.25) is 0 Å². The maximum absolute atomic E-state index is 5.84. The first kappa shape index (κ1) is 13.5. The highest BCUT2D eigenvalue weighted by Gasteiger charge is 2.26. The smallest absolute Gasteiger partial charge is 0.100 e. The molecular weight excluding hydrogens is 226 g/mol. The zero-order valence-corrected chi connectivity index (χ0v) is 11.5. The number of rotatable bonds is 4. The largest absolute Gasteiger partial charge is 0.376 e. The van der Waals surface area contributed by atoms with Gasteiger partial charge in [-0.2, -0.15) is 0 Å². The van der Waals surface area contributed by atoms with E-state index in [2.05, 4.69) is 44.3 Å². The molecule has 1 aromatic carbocycles. The van der Waals surface area contributed by atoms with E-state index in [1.54, 1.807) is 0 Å². The molecule has 1 saturated heterocycles. The van der Waals surface area contributed by atoms with Gasteiger partial charge in [0.1, 0.15) is 6.10 Å². The minimum atomic E-state index is 0.111. The van der Waals surface area contributed by atoms with Crippen molar-refractivity contribution < 1.29 is 9.47 Å². The summed E-state index contributed by atoms with van der Waals surface area (Å²) in [6.45, 7) is 9.42. The lowest BCUT2D eigenvalue weighted by Crippen LogP contribution is -2.40. The van der Waals surface area contributed by atoms with Crippen LogP contribution in [0.4, 0.5) is 0 Å². The van der Waals surface area contributed by atoms with Crippen molar-refractivity contribution in [3.05, 3.63) is 34.9 Å². The fraction of sp³-hybridized carbons (Fsp3) is 0.600. The molecule has 3 heteroatoms. The zero-order chi connectivity index (χ0) is 13.0. The summed E-state index contributed by atoms with van der Waals surface area (Å²) >= 11 is 0. The van der Waals surface area contributed by atoms with E-state index >= 15 is 0 Å². The molecule has 0 saturated carbocycles. The third-order valence-electron chi connectivity index (χ3n) is 3.40. The Morgan fingerprint density at radius 1 is 1.33 bits per heavy atom. The molecule has 0 spiro atoms. The van der Waals surface area contributed by atoms with Gasteiger partial charge in [-0.1, -0.05) is 30.7 Å². The van der Waals surface area contributed by atoms with Crippen molar-refractivity contribution in [3.8, 4) is 0 Å². The predicted octanol–water partition coefficient (Wildman–Crippen LogP) is 2.37. The molecule has 0 aliphatic carbocycles. The van der Waals surface area contributed by atoms with E-state index in [9.17, 15) is 0 Å². The lowest BCUT2D eigenvalue weighted by atomic mass is 9.95. The van der Waals surface area contributed by atoms with Crippen LogP contribution in [0, 0.1) is 13.8 Å². The number of benzene rings is 1. The van der Waals surface area contributed by atoms with Crippen molar-refractivity contribution >= 4 is 0 Å². The summed E-state index contributed by atoms with van der Waals surface area (Å²) in [6, 6.07) is 6.81.